The lowest BCUT2D eigenvalue weighted by Gasteiger charge is -2.15. The number of rotatable bonds is 2. The van der Waals surface area contributed by atoms with Crippen molar-refractivity contribution in [3.8, 4) is 0 Å². The van der Waals surface area contributed by atoms with E-state index in [4.69, 9.17) is 23.2 Å². The minimum atomic E-state index is 0.769. The highest BCUT2D eigenvalue weighted by Crippen LogP contribution is 2.18. The van der Waals surface area contributed by atoms with Crippen molar-refractivity contribution >= 4 is 37.7 Å². The summed E-state index contributed by atoms with van der Waals surface area (Å²) >= 11 is 12.1. The largest absolute Gasteiger partial charge is 0.383 e. The lowest BCUT2D eigenvalue weighted by atomic mass is 10.1. The van der Waals surface area contributed by atoms with Crippen molar-refractivity contribution < 1.29 is 0 Å². The van der Waals surface area contributed by atoms with Gasteiger partial charge in [0.05, 0.1) is 5.03 Å². The fourth-order valence-corrected chi connectivity index (χ4v) is 2.23. The van der Waals surface area contributed by atoms with Crippen LogP contribution in [0.1, 0.15) is 5.56 Å². The zero-order valence-corrected chi connectivity index (χ0v) is 11.3. The third-order valence-corrected chi connectivity index (χ3v) is 3.79. The zero-order valence-electron chi connectivity index (χ0n) is 8.63. The Bertz CT molecular complexity index is 466. The molecule has 1 aromatic rings. The van der Waals surface area contributed by atoms with E-state index in [1.54, 1.807) is 0 Å². The van der Waals surface area contributed by atoms with Gasteiger partial charge in [0.25, 0.3) is 0 Å². The molecule has 0 saturated heterocycles. The van der Waals surface area contributed by atoms with Crippen molar-refractivity contribution in [3.63, 3.8) is 0 Å². The molecule has 1 N–H and O–H groups in total. The molecule has 1 heterocycles. The van der Waals surface area contributed by atoms with E-state index in [2.05, 4.69) is 20.6 Å². The second kappa shape index (κ2) is 5.23. The summed E-state index contributed by atoms with van der Waals surface area (Å²) in [5.41, 5.74) is 2.27. The first-order valence-corrected chi connectivity index (χ1v) is 6.33. The number of hydrogen-bond donors (Lipinski definition) is 1. The van der Waals surface area contributed by atoms with Crippen molar-refractivity contribution in [2.24, 2.45) is 0 Å². The summed E-state index contributed by atoms with van der Waals surface area (Å²) in [5.74, 6) is 0. The molecular formula is C12H12Cl2NP. The summed E-state index contributed by atoms with van der Waals surface area (Å²) in [6, 6.07) is 5.99. The van der Waals surface area contributed by atoms with Crippen LogP contribution >= 0.6 is 32.4 Å². The Balaban J connectivity index is 2.21. The van der Waals surface area contributed by atoms with Crippen molar-refractivity contribution in [1.82, 2.24) is 5.32 Å². The van der Waals surface area contributed by atoms with Gasteiger partial charge in [-0.15, -0.1) is 9.24 Å². The van der Waals surface area contributed by atoms with Crippen LogP contribution < -0.4 is 10.6 Å². The number of hydrogen-bond acceptors (Lipinski definition) is 1. The van der Waals surface area contributed by atoms with Crippen LogP contribution in [0.3, 0.4) is 0 Å². The Morgan fingerprint density at radius 2 is 2.12 bits per heavy atom. The average Bonchev–Trinajstić information content (AvgIpc) is 2.27. The molecule has 4 heteroatoms. The molecule has 1 aliphatic rings. The molecule has 2 rings (SSSR count). The maximum atomic E-state index is 6.10. The van der Waals surface area contributed by atoms with E-state index in [0.29, 0.717) is 0 Å². The van der Waals surface area contributed by atoms with Crippen molar-refractivity contribution in [2.45, 2.75) is 6.42 Å². The van der Waals surface area contributed by atoms with Crippen LogP contribution in [0.15, 0.2) is 41.1 Å². The van der Waals surface area contributed by atoms with Crippen LogP contribution in [-0.2, 0) is 6.42 Å². The molecular weight excluding hydrogens is 260 g/mol. The van der Waals surface area contributed by atoms with Crippen LogP contribution in [0.25, 0.3) is 0 Å². The van der Waals surface area contributed by atoms with E-state index in [1.165, 1.54) is 5.56 Å². The van der Waals surface area contributed by atoms with Crippen LogP contribution in [-0.4, -0.2) is 6.54 Å². The maximum absolute atomic E-state index is 6.10. The van der Waals surface area contributed by atoms with Gasteiger partial charge in [-0.25, -0.2) is 0 Å². The van der Waals surface area contributed by atoms with E-state index in [1.807, 2.05) is 24.3 Å². The first-order valence-electron chi connectivity index (χ1n) is 5.00. The minimum absolute atomic E-state index is 0.769. The second-order valence-electron chi connectivity index (χ2n) is 3.64. The van der Waals surface area contributed by atoms with E-state index in [0.717, 1.165) is 34.0 Å². The number of benzene rings is 1. The molecule has 84 valence electrons. The van der Waals surface area contributed by atoms with Gasteiger partial charge < -0.3 is 5.32 Å². The summed E-state index contributed by atoms with van der Waals surface area (Å²) in [7, 11) is 2.63. The van der Waals surface area contributed by atoms with Crippen LogP contribution in [0.5, 0.6) is 0 Å². The predicted octanol–water partition coefficient (Wildman–Crippen LogP) is 2.99. The molecule has 0 radical (unpaired) electrons. The van der Waals surface area contributed by atoms with Crippen LogP contribution in [0, 0.1) is 0 Å². The van der Waals surface area contributed by atoms with Crippen molar-refractivity contribution in [2.75, 3.05) is 6.54 Å². The monoisotopic (exact) mass is 271 g/mol. The average molecular weight is 272 g/mol. The first kappa shape index (κ1) is 12.0. The lowest BCUT2D eigenvalue weighted by molar-refractivity contribution is 0.842. The first-order chi connectivity index (χ1) is 7.66. The Labute approximate surface area is 108 Å². The molecule has 1 nitrogen and oxygen atoms in total. The number of nitrogens with one attached hydrogen (secondary N) is 1. The minimum Gasteiger partial charge on any atom is -0.383 e. The number of dihydropyridines is 1. The Morgan fingerprint density at radius 1 is 1.31 bits per heavy atom. The SMILES string of the molecule is Pc1cc(CC2=C(Cl)C=CCN2)ccc1Cl. The third kappa shape index (κ3) is 2.79. The molecule has 0 spiro atoms. The second-order valence-corrected chi connectivity index (χ2v) is 5.08. The fourth-order valence-electron chi connectivity index (χ4n) is 1.58. The molecule has 1 unspecified atom stereocenters. The molecule has 0 aliphatic carbocycles. The normalized spacial score (nSPS) is 15.2. The van der Waals surface area contributed by atoms with Crippen LogP contribution in [0.2, 0.25) is 5.02 Å². The molecule has 16 heavy (non-hydrogen) atoms. The molecule has 1 aliphatic heterocycles. The van der Waals surface area contributed by atoms with E-state index >= 15 is 0 Å². The van der Waals surface area contributed by atoms with Gasteiger partial charge in [0, 0.05) is 23.7 Å². The van der Waals surface area contributed by atoms with Crippen molar-refractivity contribution in [1.29, 1.82) is 0 Å². The highest BCUT2D eigenvalue weighted by molar-refractivity contribution is 7.28. The number of halogens is 2. The summed E-state index contributed by atoms with van der Waals surface area (Å²) < 4.78 is 0. The molecule has 0 aromatic heterocycles. The summed E-state index contributed by atoms with van der Waals surface area (Å²) in [6.07, 6.45) is 4.75. The molecule has 0 saturated carbocycles. The highest BCUT2D eigenvalue weighted by atomic mass is 35.5. The van der Waals surface area contributed by atoms with Gasteiger partial charge in [0.15, 0.2) is 0 Å². The van der Waals surface area contributed by atoms with Gasteiger partial charge in [-0.1, -0.05) is 35.3 Å². The topological polar surface area (TPSA) is 12.0 Å². The van der Waals surface area contributed by atoms with E-state index in [9.17, 15) is 0 Å². The Hall–Kier alpha value is -0.490. The summed E-state index contributed by atoms with van der Waals surface area (Å²) in [6.45, 7) is 0.840. The standard InChI is InChI=1S/C12H12Cl2NP/c13-9-2-1-5-15-11(9)6-8-3-4-10(14)12(16)7-8/h1-4,7,15H,5-6,16H2. The molecule has 0 amide bonds. The quantitative estimate of drug-likeness (QED) is 0.816. The van der Waals surface area contributed by atoms with Crippen LogP contribution in [0.4, 0.5) is 0 Å². The van der Waals surface area contributed by atoms with Gasteiger partial charge in [0.1, 0.15) is 0 Å². The summed E-state index contributed by atoms with van der Waals surface area (Å²) in [5, 5.41) is 5.84. The maximum Gasteiger partial charge on any atom is 0.0596 e. The molecule has 1 aromatic carbocycles. The lowest BCUT2D eigenvalue weighted by Crippen LogP contribution is -2.19. The molecule has 1 atom stereocenters. The Kier molecular flexibility index (Phi) is 3.91. The van der Waals surface area contributed by atoms with Gasteiger partial charge >= 0.3 is 0 Å². The van der Waals surface area contributed by atoms with Crippen molar-refractivity contribution in [3.05, 3.63) is 51.7 Å². The van der Waals surface area contributed by atoms with Gasteiger partial charge in [-0.05, 0) is 29.1 Å². The number of allylic oxidation sites excluding steroid dienone is 3. The third-order valence-electron chi connectivity index (χ3n) is 2.43. The van der Waals surface area contributed by atoms with Gasteiger partial charge in [0.2, 0.25) is 0 Å². The molecule has 0 fully saturated rings. The van der Waals surface area contributed by atoms with E-state index in [-0.39, 0.29) is 0 Å². The van der Waals surface area contributed by atoms with E-state index < -0.39 is 0 Å². The Morgan fingerprint density at radius 3 is 2.81 bits per heavy atom. The fraction of sp³-hybridized carbons (Fsp3) is 0.167. The smallest absolute Gasteiger partial charge is 0.0596 e. The van der Waals surface area contributed by atoms with Gasteiger partial charge in [-0.3, -0.25) is 0 Å². The predicted molar refractivity (Wildman–Crippen MR) is 74.5 cm³/mol. The zero-order chi connectivity index (χ0) is 11.5. The summed E-state index contributed by atoms with van der Waals surface area (Å²) in [4.78, 5) is 0. The van der Waals surface area contributed by atoms with Gasteiger partial charge in [-0.2, -0.15) is 0 Å². The highest BCUT2D eigenvalue weighted by Gasteiger charge is 2.07. The molecule has 0 bridgehead atoms.